The molecule has 0 atom stereocenters. The maximum Gasteiger partial charge on any atom is 0.350 e. The number of nitrogens with one attached hydrogen (secondary N) is 1. The van der Waals surface area contributed by atoms with E-state index in [-0.39, 0.29) is 6.61 Å². The second kappa shape index (κ2) is 9.05. The van der Waals surface area contributed by atoms with Crippen molar-refractivity contribution >= 4 is 11.7 Å². The molecule has 0 spiro atoms. The quantitative estimate of drug-likeness (QED) is 0.341. The van der Waals surface area contributed by atoms with Gasteiger partial charge in [-0.25, -0.2) is 26.5 Å². The summed E-state index contributed by atoms with van der Waals surface area (Å²) in [5, 5.41) is 10.00. The van der Waals surface area contributed by atoms with Crippen molar-refractivity contribution in [3.05, 3.63) is 77.0 Å². The Hall–Kier alpha value is -3.93. The number of nitrogens with two attached hydrogens (primary N) is 2. The minimum atomic E-state index is -0.630. The van der Waals surface area contributed by atoms with Crippen LogP contribution in [0, 0.1) is 25.2 Å². The van der Waals surface area contributed by atoms with E-state index in [0.29, 0.717) is 17.1 Å². The SMILES string of the molecule is Cc1cc(-c2cccc(C#N)n2)ccc1OCc1c(C)cccc1N(N)C(=O)NN. The smallest absolute Gasteiger partial charge is 0.350 e. The molecule has 5 N–H and O–H groups in total. The third kappa shape index (κ3) is 4.38. The molecule has 0 saturated carbocycles. The van der Waals surface area contributed by atoms with E-state index in [1.165, 1.54) is 0 Å². The Kier molecular flexibility index (Phi) is 6.27. The topological polar surface area (TPSA) is 130 Å². The molecule has 0 aliphatic rings. The highest BCUT2D eigenvalue weighted by atomic mass is 16.5. The van der Waals surface area contributed by atoms with E-state index < -0.39 is 6.03 Å². The third-order valence-electron chi connectivity index (χ3n) is 4.69. The number of hydrogen-bond donors (Lipinski definition) is 3. The van der Waals surface area contributed by atoms with Gasteiger partial charge in [0.05, 0.1) is 11.4 Å². The molecule has 2 amide bonds. The standard InChI is InChI=1S/C22H22N6O2/c1-14-5-3-8-20(28(25)22(29)27-24)18(14)13-30-21-10-9-16(11-15(21)2)19-7-4-6-17(12-23)26-19/h3-11H,13,24-25H2,1-2H3,(H,27,29). The number of aromatic nitrogens is 1. The van der Waals surface area contributed by atoms with Crippen LogP contribution in [0.15, 0.2) is 54.6 Å². The fraction of sp³-hybridized carbons (Fsp3) is 0.136. The number of rotatable bonds is 5. The van der Waals surface area contributed by atoms with Crippen molar-refractivity contribution < 1.29 is 9.53 Å². The van der Waals surface area contributed by atoms with Gasteiger partial charge in [0.25, 0.3) is 0 Å². The lowest BCUT2D eigenvalue weighted by Gasteiger charge is -2.21. The zero-order valence-corrected chi connectivity index (χ0v) is 16.7. The van der Waals surface area contributed by atoms with Crippen molar-refractivity contribution in [3.8, 4) is 23.1 Å². The normalized spacial score (nSPS) is 10.2. The van der Waals surface area contributed by atoms with Gasteiger partial charge in [0.1, 0.15) is 24.1 Å². The van der Waals surface area contributed by atoms with Crippen LogP contribution >= 0.6 is 0 Å². The lowest BCUT2D eigenvalue weighted by atomic mass is 10.1. The van der Waals surface area contributed by atoms with E-state index in [1.807, 2.05) is 55.7 Å². The van der Waals surface area contributed by atoms with Crippen molar-refractivity contribution in [3.63, 3.8) is 0 Å². The van der Waals surface area contributed by atoms with E-state index in [9.17, 15) is 4.79 Å². The Balaban J connectivity index is 1.83. The fourth-order valence-corrected chi connectivity index (χ4v) is 3.06. The Morgan fingerprint density at radius 2 is 1.93 bits per heavy atom. The van der Waals surface area contributed by atoms with Crippen LogP contribution in [0.4, 0.5) is 10.5 Å². The summed E-state index contributed by atoms with van der Waals surface area (Å²) in [6.45, 7) is 4.07. The molecule has 0 bridgehead atoms. The molecule has 1 aromatic heterocycles. The molecule has 0 fully saturated rings. The summed E-state index contributed by atoms with van der Waals surface area (Å²) >= 11 is 0. The van der Waals surface area contributed by atoms with Gasteiger partial charge in [0.15, 0.2) is 0 Å². The number of carbonyl (C=O) groups is 1. The third-order valence-corrected chi connectivity index (χ3v) is 4.69. The molecule has 3 rings (SSSR count). The zero-order chi connectivity index (χ0) is 21.7. The number of benzene rings is 2. The second-order valence-electron chi connectivity index (χ2n) is 6.68. The van der Waals surface area contributed by atoms with E-state index in [2.05, 4.69) is 4.98 Å². The van der Waals surface area contributed by atoms with Gasteiger partial charge in [0, 0.05) is 11.1 Å². The van der Waals surface area contributed by atoms with Crippen molar-refractivity contribution in [1.29, 1.82) is 5.26 Å². The van der Waals surface area contributed by atoms with Gasteiger partial charge in [-0.15, -0.1) is 0 Å². The first-order chi connectivity index (χ1) is 14.4. The summed E-state index contributed by atoms with van der Waals surface area (Å²) in [6.07, 6.45) is 0. The molecule has 2 aromatic carbocycles. The minimum absolute atomic E-state index is 0.218. The number of nitriles is 1. The number of carbonyl (C=O) groups excluding carboxylic acids is 1. The molecule has 3 aromatic rings. The Morgan fingerprint density at radius 1 is 1.17 bits per heavy atom. The molecule has 0 aliphatic carbocycles. The van der Waals surface area contributed by atoms with Gasteiger partial charge in [-0.3, -0.25) is 5.43 Å². The van der Waals surface area contributed by atoms with Crippen LogP contribution in [-0.4, -0.2) is 11.0 Å². The highest BCUT2D eigenvalue weighted by molar-refractivity contribution is 5.91. The van der Waals surface area contributed by atoms with Gasteiger partial charge in [-0.1, -0.05) is 18.2 Å². The van der Waals surface area contributed by atoms with Crippen LogP contribution in [0.2, 0.25) is 0 Å². The summed E-state index contributed by atoms with van der Waals surface area (Å²) < 4.78 is 6.03. The van der Waals surface area contributed by atoms with Crippen molar-refractivity contribution in [2.24, 2.45) is 11.7 Å². The molecule has 30 heavy (non-hydrogen) atoms. The predicted octanol–water partition coefficient (Wildman–Crippen LogP) is 3.08. The maximum atomic E-state index is 11.8. The maximum absolute atomic E-state index is 11.8. The van der Waals surface area contributed by atoms with E-state index >= 15 is 0 Å². The minimum Gasteiger partial charge on any atom is -0.489 e. The molecule has 1 heterocycles. The van der Waals surface area contributed by atoms with Gasteiger partial charge < -0.3 is 4.74 Å². The molecule has 0 unspecified atom stereocenters. The number of pyridine rings is 1. The first-order valence-corrected chi connectivity index (χ1v) is 9.19. The molecular formula is C22H22N6O2. The zero-order valence-electron chi connectivity index (χ0n) is 16.7. The van der Waals surface area contributed by atoms with Gasteiger partial charge in [-0.05, 0) is 61.4 Å². The highest BCUT2D eigenvalue weighted by Crippen LogP contribution is 2.28. The molecule has 8 nitrogen and oxygen atoms in total. The number of hydrazine groups is 2. The lowest BCUT2D eigenvalue weighted by molar-refractivity contribution is 0.246. The van der Waals surface area contributed by atoms with Gasteiger partial charge in [-0.2, -0.15) is 5.26 Å². The number of hydrogen-bond acceptors (Lipinski definition) is 6. The van der Waals surface area contributed by atoms with E-state index in [0.717, 1.165) is 33.0 Å². The number of nitrogens with zero attached hydrogens (tertiary/aromatic N) is 3. The molecule has 8 heteroatoms. The summed E-state index contributed by atoms with van der Waals surface area (Å²) in [4.78, 5) is 16.1. The number of aryl methyl sites for hydroxylation is 2. The average molecular weight is 402 g/mol. The van der Waals surface area contributed by atoms with Gasteiger partial charge in [0.2, 0.25) is 0 Å². The fourth-order valence-electron chi connectivity index (χ4n) is 3.06. The van der Waals surface area contributed by atoms with Crippen LogP contribution in [0.5, 0.6) is 5.75 Å². The summed E-state index contributed by atoms with van der Waals surface area (Å²) in [7, 11) is 0. The van der Waals surface area contributed by atoms with Crippen LogP contribution < -0.4 is 26.9 Å². The Labute approximate surface area is 174 Å². The molecule has 152 valence electrons. The first-order valence-electron chi connectivity index (χ1n) is 9.19. The van der Waals surface area contributed by atoms with Crippen molar-refractivity contribution in [1.82, 2.24) is 10.4 Å². The molecule has 0 saturated heterocycles. The molecule has 0 radical (unpaired) electrons. The number of amides is 2. The Morgan fingerprint density at radius 3 is 2.63 bits per heavy atom. The van der Waals surface area contributed by atoms with E-state index in [1.54, 1.807) is 24.3 Å². The lowest BCUT2D eigenvalue weighted by Crippen LogP contribution is -2.48. The second-order valence-corrected chi connectivity index (χ2v) is 6.68. The van der Waals surface area contributed by atoms with Gasteiger partial charge >= 0.3 is 6.03 Å². The summed E-state index contributed by atoms with van der Waals surface area (Å²) in [5.41, 5.74) is 7.11. The van der Waals surface area contributed by atoms with Crippen LogP contribution in [0.25, 0.3) is 11.3 Å². The monoisotopic (exact) mass is 402 g/mol. The van der Waals surface area contributed by atoms with Crippen LogP contribution in [-0.2, 0) is 6.61 Å². The average Bonchev–Trinajstić information content (AvgIpc) is 2.77. The van der Waals surface area contributed by atoms with Crippen molar-refractivity contribution in [2.75, 3.05) is 5.01 Å². The molecular weight excluding hydrogens is 380 g/mol. The van der Waals surface area contributed by atoms with Crippen molar-refractivity contribution in [2.45, 2.75) is 20.5 Å². The Bertz CT molecular complexity index is 1120. The van der Waals surface area contributed by atoms with Crippen LogP contribution in [0.3, 0.4) is 0 Å². The van der Waals surface area contributed by atoms with E-state index in [4.69, 9.17) is 21.7 Å². The van der Waals surface area contributed by atoms with Crippen LogP contribution in [0.1, 0.15) is 22.4 Å². The largest absolute Gasteiger partial charge is 0.489 e. The predicted molar refractivity (Wildman–Crippen MR) is 114 cm³/mol. The number of ether oxygens (including phenoxy) is 1. The molecule has 0 aliphatic heterocycles. The summed E-state index contributed by atoms with van der Waals surface area (Å²) in [6, 6.07) is 17.9. The number of anilines is 1. The first kappa shape index (κ1) is 20.8. The highest BCUT2D eigenvalue weighted by Gasteiger charge is 2.16. The summed E-state index contributed by atoms with van der Waals surface area (Å²) in [5.74, 6) is 11.8. The number of urea groups is 1.